The number of piperazine rings is 1. The number of aromatic amines is 1. The number of nitrogens with one attached hydrogen (secondary N) is 1. The highest BCUT2D eigenvalue weighted by Crippen LogP contribution is 2.36. The number of benzene rings is 1. The molecule has 1 fully saturated rings. The second kappa shape index (κ2) is 8.48. The van der Waals surface area contributed by atoms with Crippen molar-refractivity contribution < 1.29 is 21.6 Å². The lowest BCUT2D eigenvalue weighted by atomic mass is 10.0. The van der Waals surface area contributed by atoms with Crippen LogP contribution in [0.4, 0.5) is 13.2 Å². The number of nitrogens with zero attached hydrogens (tertiary/aromatic N) is 4. The first-order valence-corrected chi connectivity index (χ1v) is 10.5. The van der Waals surface area contributed by atoms with Crippen molar-refractivity contribution >= 4 is 10.0 Å². The Bertz CT molecular complexity index is 1100. The van der Waals surface area contributed by atoms with Gasteiger partial charge in [-0.1, -0.05) is 0 Å². The van der Waals surface area contributed by atoms with Gasteiger partial charge in [0.1, 0.15) is 6.07 Å². The molecule has 1 aliphatic rings. The molecule has 30 heavy (non-hydrogen) atoms. The zero-order valence-electron chi connectivity index (χ0n) is 15.8. The van der Waals surface area contributed by atoms with E-state index in [1.165, 1.54) is 12.4 Å². The minimum atomic E-state index is -4.75. The molecule has 1 aliphatic heterocycles. The summed E-state index contributed by atoms with van der Waals surface area (Å²) in [7, 11) is -4.17. The van der Waals surface area contributed by atoms with Gasteiger partial charge in [0.15, 0.2) is 0 Å². The second-order valence-electron chi connectivity index (χ2n) is 6.79. The van der Waals surface area contributed by atoms with Crippen LogP contribution in [0, 0.1) is 22.7 Å². The fourth-order valence-corrected chi connectivity index (χ4v) is 4.81. The molecule has 0 amide bonds. The van der Waals surface area contributed by atoms with Gasteiger partial charge in [0.2, 0.25) is 10.0 Å². The van der Waals surface area contributed by atoms with E-state index in [0.717, 1.165) is 16.4 Å². The van der Waals surface area contributed by atoms with Crippen molar-refractivity contribution in [3.63, 3.8) is 0 Å². The number of halogens is 3. The van der Waals surface area contributed by atoms with E-state index in [-0.39, 0.29) is 29.8 Å². The van der Waals surface area contributed by atoms with Gasteiger partial charge in [-0.2, -0.15) is 28.0 Å². The number of aromatic nitrogens is 1. The molecule has 1 aromatic carbocycles. The lowest BCUT2D eigenvalue weighted by Crippen LogP contribution is -2.48. The molecule has 0 spiro atoms. The summed E-state index contributed by atoms with van der Waals surface area (Å²) in [6, 6.07) is 6.52. The number of hydrogen-bond donors (Lipinski definition) is 1. The van der Waals surface area contributed by atoms with Gasteiger partial charge < -0.3 is 4.98 Å². The third-order valence-electron chi connectivity index (χ3n) is 4.92. The van der Waals surface area contributed by atoms with Crippen LogP contribution in [-0.2, 0) is 16.2 Å². The van der Waals surface area contributed by atoms with Crippen LogP contribution in [0.1, 0.15) is 17.5 Å². The Morgan fingerprint density at radius 2 is 1.77 bits per heavy atom. The molecule has 0 saturated carbocycles. The summed E-state index contributed by atoms with van der Waals surface area (Å²) in [4.78, 5) is 4.12. The molecule has 0 bridgehead atoms. The average molecular weight is 437 g/mol. The van der Waals surface area contributed by atoms with Crippen molar-refractivity contribution in [1.29, 1.82) is 10.5 Å². The summed E-state index contributed by atoms with van der Waals surface area (Å²) in [5, 5.41) is 17.8. The standard InChI is InChI=1S/C19H18F3N5O2S/c20-19(21,22)16-8-14(18-13-25-12-15(18)11-24)9-17(10-16)30(28,29)27-6-4-26(5-7-27)3-1-2-23/h8-10,12-13,25H,1,3-7H2. The van der Waals surface area contributed by atoms with E-state index in [2.05, 4.69) is 4.98 Å². The monoisotopic (exact) mass is 437 g/mol. The molecule has 0 atom stereocenters. The Hall–Kier alpha value is -2.86. The van der Waals surface area contributed by atoms with Gasteiger partial charge in [-0.05, 0) is 23.8 Å². The molecule has 1 aromatic heterocycles. The molecule has 2 aromatic rings. The van der Waals surface area contributed by atoms with Crippen LogP contribution < -0.4 is 0 Å². The van der Waals surface area contributed by atoms with Crippen LogP contribution in [0.25, 0.3) is 11.1 Å². The van der Waals surface area contributed by atoms with Crippen LogP contribution in [-0.4, -0.2) is 55.3 Å². The van der Waals surface area contributed by atoms with Crippen molar-refractivity contribution in [2.75, 3.05) is 32.7 Å². The summed E-state index contributed by atoms with van der Waals surface area (Å²) in [5.41, 5.74) is -0.796. The normalized spacial score (nSPS) is 16.2. The topological polar surface area (TPSA) is 104 Å². The molecule has 0 aliphatic carbocycles. The van der Waals surface area contributed by atoms with E-state index < -0.39 is 26.7 Å². The van der Waals surface area contributed by atoms with Crippen LogP contribution in [0.2, 0.25) is 0 Å². The third kappa shape index (κ3) is 4.49. The molecule has 2 heterocycles. The summed E-state index contributed by atoms with van der Waals surface area (Å²) in [6.45, 7) is 1.54. The van der Waals surface area contributed by atoms with Gasteiger partial charge in [0, 0.05) is 57.1 Å². The number of H-pyrrole nitrogens is 1. The van der Waals surface area contributed by atoms with E-state index in [9.17, 15) is 26.9 Å². The van der Waals surface area contributed by atoms with Crippen molar-refractivity contribution in [3.05, 3.63) is 41.7 Å². The molecule has 11 heteroatoms. The van der Waals surface area contributed by atoms with Crippen LogP contribution in [0.5, 0.6) is 0 Å². The van der Waals surface area contributed by atoms with Gasteiger partial charge in [-0.3, -0.25) is 4.90 Å². The molecule has 158 valence electrons. The van der Waals surface area contributed by atoms with Gasteiger partial charge in [-0.25, -0.2) is 8.42 Å². The fraction of sp³-hybridized carbons (Fsp3) is 0.368. The summed E-state index contributed by atoms with van der Waals surface area (Å²) < 4.78 is 67.7. The van der Waals surface area contributed by atoms with Gasteiger partial charge in [0.05, 0.1) is 22.1 Å². The van der Waals surface area contributed by atoms with Crippen LogP contribution in [0.3, 0.4) is 0 Å². The smallest absolute Gasteiger partial charge is 0.366 e. The lowest BCUT2D eigenvalue weighted by Gasteiger charge is -2.33. The highest BCUT2D eigenvalue weighted by atomic mass is 32.2. The van der Waals surface area contributed by atoms with E-state index in [1.807, 2.05) is 17.0 Å². The minimum Gasteiger partial charge on any atom is -0.366 e. The van der Waals surface area contributed by atoms with Gasteiger partial charge >= 0.3 is 6.18 Å². The SMILES string of the molecule is N#CCCN1CCN(S(=O)(=O)c2cc(-c3c[nH]cc3C#N)cc(C(F)(F)F)c2)CC1. The van der Waals surface area contributed by atoms with Crippen molar-refractivity contribution in [2.24, 2.45) is 0 Å². The second-order valence-corrected chi connectivity index (χ2v) is 8.73. The first-order chi connectivity index (χ1) is 14.2. The molecule has 1 N–H and O–H groups in total. The zero-order chi connectivity index (χ0) is 21.9. The maximum atomic E-state index is 13.5. The molecule has 1 saturated heterocycles. The number of sulfonamides is 1. The number of alkyl halides is 3. The van der Waals surface area contributed by atoms with E-state index in [0.29, 0.717) is 32.1 Å². The third-order valence-corrected chi connectivity index (χ3v) is 6.80. The summed E-state index contributed by atoms with van der Waals surface area (Å²) >= 11 is 0. The highest BCUT2D eigenvalue weighted by molar-refractivity contribution is 7.89. The summed E-state index contributed by atoms with van der Waals surface area (Å²) in [6.07, 6.45) is -1.73. The van der Waals surface area contributed by atoms with E-state index in [4.69, 9.17) is 5.26 Å². The Balaban J connectivity index is 1.98. The number of rotatable bonds is 5. The molecular weight excluding hydrogens is 419 g/mol. The van der Waals surface area contributed by atoms with Gasteiger partial charge in [-0.15, -0.1) is 0 Å². The Morgan fingerprint density at radius 3 is 2.37 bits per heavy atom. The molecule has 3 rings (SSSR count). The lowest BCUT2D eigenvalue weighted by molar-refractivity contribution is -0.137. The van der Waals surface area contributed by atoms with E-state index >= 15 is 0 Å². The zero-order valence-corrected chi connectivity index (χ0v) is 16.6. The first kappa shape index (κ1) is 21.8. The maximum absolute atomic E-state index is 13.5. The van der Waals surface area contributed by atoms with Crippen molar-refractivity contribution in [2.45, 2.75) is 17.5 Å². The van der Waals surface area contributed by atoms with Crippen molar-refractivity contribution in [1.82, 2.24) is 14.2 Å². The fourth-order valence-electron chi connectivity index (χ4n) is 3.31. The van der Waals surface area contributed by atoms with E-state index in [1.54, 1.807) is 0 Å². The van der Waals surface area contributed by atoms with Crippen LogP contribution >= 0.6 is 0 Å². The predicted octanol–water partition coefficient (Wildman–Crippen LogP) is 2.79. The Labute approximate surface area is 172 Å². The average Bonchev–Trinajstić information content (AvgIpc) is 3.20. The predicted molar refractivity (Wildman–Crippen MR) is 101 cm³/mol. The molecule has 0 radical (unpaired) electrons. The minimum absolute atomic E-state index is 0.00569. The largest absolute Gasteiger partial charge is 0.416 e. The van der Waals surface area contributed by atoms with Gasteiger partial charge in [0.25, 0.3) is 0 Å². The molecule has 0 unspecified atom stereocenters. The number of hydrogen-bond acceptors (Lipinski definition) is 5. The highest BCUT2D eigenvalue weighted by Gasteiger charge is 2.35. The van der Waals surface area contributed by atoms with Crippen molar-refractivity contribution in [3.8, 4) is 23.3 Å². The Morgan fingerprint density at radius 1 is 1.07 bits per heavy atom. The maximum Gasteiger partial charge on any atom is 0.416 e. The Kier molecular flexibility index (Phi) is 6.17. The molecule has 7 nitrogen and oxygen atoms in total. The molecular formula is C19H18F3N5O2S. The summed E-state index contributed by atoms with van der Waals surface area (Å²) in [5.74, 6) is 0. The first-order valence-electron chi connectivity index (χ1n) is 9.06. The number of nitriles is 2. The quantitative estimate of drug-likeness (QED) is 0.775. The van der Waals surface area contributed by atoms with Crippen LogP contribution in [0.15, 0.2) is 35.5 Å².